The number of anilines is 1. The summed E-state index contributed by atoms with van der Waals surface area (Å²) in [6.07, 6.45) is 1.98. The zero-order chi connectivity index (χ0) is 21.8. The lowest BCUT2D eigenvalue weighted by Gasteiger charge is -2.37. The summed E-state index contributed by atoms with van der Waals surface area (Å²) in [5, 5.41) is 9.02. The molecule has 1 aliphatic carbocycles. The molecular formula is C24H27N3O4. The van der Waals surface area contributed by atoms with Crippen molar-refractivity contribution in [2.45, 2.75) is 19.4 Å². The SMILES string of the molecule is O=C(CO)c1ccc(CN(C(=O)N2CCN(C(=O)C3CC3)CC2)c2ccccc2)cc1. The molecule has 1 saturated heterocycles. The Labute approximate surface area is 181 Å². The van der Waals surface area contributed by atoms with Crippen molar-refractivity contribution in [1.29, 1.82) is 0 Å². The van der Waals surface area contributed by atoms with Crippen LogP contribution in [0.15, 0.2) is 54.6 Å². The molecule has 7 heteroatoms. The van der Waals surface area contributed by atoms with Gasteiger partial charge in [0.2, 0.25) is 5.91 Å². The number of aliphatic hydroxyl groups excluding tert-OH is 1. The van der Waals surface area contributed by atoms with Crippen molar-refractivity contribution in [3.05, 3.63) is 65.7 Å². The first-order valence-electron chi connectivity index (χ1n) is 10.7. The van der Waals surface area contributed by atoms with E-state index in [1.165, 1.54) is 0 Å². The fourth-order valence-corrected chi connectivity index (χ4v) is 3.82. The van der Waals surface area contributed by atoms with Gasteiger partial charge in [-0.3, -0.25) is 14.5 Å². The van der Waals surface area contributed by atoms with Gasteiger partial charge in [0.1, 0.15) is 6.61 Å². The van der Waals surface area contributed by atoms with Crippen molar-refractivity contribution in [1.82, 2.24) is 9.80 Å². The monoisotopic (exact) mass is 421 g/mol. The van der Waals surface area contributed by atoms with Gasteiger partial charge in [-0.1, -0.05) is 42.5 Å². The van der Waals surface area contributed by atoms with Gasteiger partial charge >= 0.3 is 6.03 Å². The van der Waals surface area contributed by atoms with E-state index in [2.05, 4.69) is 0 Å². The summed E-state index contributed by atoms with van der Waals surface area (Å²) < 4.78 is 0. The Bertz CT molecular complexity index is 933. The van der Waals surface area contributed by atoms with E-state index in [1.807, 2.05) is 35.2 Å². The molecule has 1 heterocycles. The smallest absolute Gasteiger partial charge is 0.324 e. The summed E-state index contributed by atoms with van der Waals surface area (Å²) in [5.41, 5.74) is 2.12. The minimum atomic E-state index is -0.525. The Hall–Kier alpha value is -3.19. The fraction of sp³-hybridized carbons (Fsp3) is 0.375. The average Bonchev–Trinajstić information content (AvgIpc) is 3.68. The Kier molecular flexibility index (Phi) is 6.32. The number of amides is 3. The Morgan fingerprint density at radius 1 is 0.871 bits per heavy atom. The third-order valence-electron chi connectivity index (χ3n) is 5.85. The number of hydrogen-bond donors (Lipinski definition) is 1. The molecule has 0 radical (unpaired) electrons. The molecule has 1 N–H and O–H groups in total. The van der Waals surface area contributed by atoms with Gasteiger partial charge < -0.3 is 14.9 Å². The molecule has 2 fully saturated rings. The van der Waals surface area contributed by atoms with Crippen molar-refractivity contribution >= 4 is 23.4 Å². The van der Waals surface area contributed by atoms with Crippen LogP contribution in [0.1, 0.15) is 28.8 Å². The van der Waals surface area contributed by atoms with Crippen LogP contribution in [0.4, 0.5) is 10.5 Å². The highest BCUT2D eigenvalue weighted by Crippen LogP contribution is 2.31. The van der Waals surface area contributed by atoms with Gasteiger partial charge in [0.15, 0.2) is 5.78 Å². The number of carbonyl (C=O) groups excluding carboxylic acids is 3. The number of rotatable bonds is 6. The number of para-hydroxylation sites is 1. The summed E-state index contributed by atoms with van der Waals surface area (Å²) in [4.78, 5) is 42.8. The van der Waals surface area contributed by atoms with Crippen LogP contribution in [-0.2, 0) is 11.3 Å². The van der Waals surface area contributed by atoms with Crippen molar-refractivity contribution in [3.63, 3.8) is 0 Å². The molecule has 0 spiro atoms. The maximum Gasteiger partial charge on any atom is 0.324 e. The number of hydrogen-bond acceptors (Lipinski definition) is 4. The molecular weight excluding hydrogens is 394 g/mol. The molecule has 0 bridgehead atoms. The zero-order valence-corrected chi connectivity index (χ0v) is 17.4. The van der Waals surface area contributed by atoms with E-state index < -0.39 is 6.61 Å². The van der Waals surface area contributed by atoms with E-state index in [4.69, 9.17) is 5.11 Å². The van der Waals surface area contributed by atoms with Crippen LogP contribution in [0.2, 0.25) is 0 Å². The average molecular weight is 421 g/mol. The molecule has 31 heavy (non-hydrogen) atoms. The van der Waals surface area contributed by atoms with Gasteiger partial charge in [0.05, 0.1) is 6.54 Å². The second kappa shape index (κ2) is 9.31. The second-order valence-electron chi connectivity index (χ2n) is 8.07. The Morgan fingerprint density at radius 3 is 2.06 bits per heavy atom. The third-order valence-corrected chi connectivity index (χ3v) is 5.85. The van der Waals surface area contributed by atoms with E-state index in [1.54, 1.807) is 34.1 Å². The molecule has 1 saturated carbocycles. The fourth-order valence-electron chi connectivity index (χ4n) is 3.82. The summed E-state index contributed by atoms with van der Waals surface area (Å²) in [6.45, 7) is 2.01. The first kappa shape index (κ1) is 21.1. The highest BCUT2D eigenvalue weighted by molar-refractivity contribution is 5.97. The number of ketones is 1. The van der Waals surface area contributed by atoms with Crippen molar-refractivity contribution in [2.75, 3.05) is 37.7 Å². The van der Waals surface area contributed by atoms with Crippen LogP contribution in [0.3, 0.4) is 0 Å². The minimum absolute atomic E-state index is 0.0970. The first-order chi connectivity index (χ1) is 15.1. The summed E-state index contributed by atoms with van der Waals surface area (Å²) in [7, 11) is 0. The highest BCUT2D eigenvalue weighted by Gasteiger charge is 2.35. The molecule has 162 valence electrons. The first-order valence-corrected chi connectivity index (χ1v) is 10.7. The van der Waals surface area contributed by atoms with Crippen LogP contribution < -0.4 is 4.90 Å². The second-order valence-corrected chi connectivity index (χ2v) is 8.07. The zero-order valence-electron chi connectivity index (χ0n) is 17.4. The molecule has 2 aliphatic rings. The lowest BCUT2D eigenvalue weighted by atomic mass is 10.1. The standard InChI is InChI=1S/C24H27N3O4/c28-17-22(29)19-8-6-18(7-9-19)16-27(21-4-2-1-3-5-21)24(31)26-14-12-25(13-15-26)23(30)20-10-11-20/h1-9,20,28H,10-17H2. The van der Waals surface area contributed by atoms with E-state index in [0.717, 1.165) is 24.1 Å². The van der Waals surface area contributed by atoms with E-state index in [0.29, 0.717) is 38.3 Å². The van der Waals surface area contributed by atoms with Gasteiger partial charge in [0, 0.05) is 43.3 Å². The summed E-state index contributed by atoms with van der Waals surface area (Å²) in [5.74, 6) is 0.0921. The van der Waals surface area contributed by atoms with Crippen LogP contribution in [0, 0.1) is 5.92 Å². The Balaban J connectivity index is 1.47. The molecule has 7 nitrogen and oxygen atoms in total. The van der Waals surface area contributed by atoms with Crippen LogP contribution >= 0.6 is 0 Å². The predicted molar refractivity (Wildman–Crippen MR) is 117 cm³/mol. The van der Waals surface area contributed by atoms with E-state index >= 15 is 0 Å². The molecule has 0 unspecified atom stereocenters. The summed E-state index contributed by atoms with van der Waals surface area (Å²) in [6, 6.07) is 16.3. The van der Waals surface area contributed by atoms with Gasteiger partial charge in [-0.05, 0) is 30.5 Å². The molecule has 4 rings (SSSR count). The molecule has 2 aromatic carbocycles. The van der Waals surface area contributed by atoms with Gasteiger partial charge in [-0.25, -0.2) is 4.79 Å². The number of Topliss-reactive ketones (excluding diaryl/α,β-unsaturated/α-hetero) is 1. The number of aliphatic hydroxyl groups is 1. The Morgan fingerprint density at radius 2 is 1.48 bits per heavy atom. The lowest BCUT2D eigenvalue weighted by Crippen LogP contribution is -2.54. The number of piperazine rings is 1. The van der Waals surface area contributed by atoms with Crippen molar-refractivity contribution in [3.8, 4) is 0 Å². The van der Waals surface area contributed by atoms with E-state index in [9.17, 15) is 14.4 Å². The number of benzene rings is 2. The van der Waals surface area contributed by atoms with E-state index in [-0.39, 0.29) is 23.6 Å². The predicted octanol–water partition coefficient (Wildman–Crippen LogP) is 2.54. The molecule has 0 atom stereocenters. The van der Waals surface area contributed by atoms with Crippen molar-refractivity contribution in [2.24, 2.45) is 5.92 Å². The number of carbonyl (C=O) groups is 3. The van der Waals surface area contributed by atoms with Crippen molar-refractivity contribution < 1.29 is 19.5 Å². The van der Waals surface area contributed by atoms with Gasteiger partial charge in [0.25, 0.3) is 0 Å². The quantitative estimate of drug-likeness (QED) is 0.727. The largest absolute Gasteiger partial charge is 0.388 e. The topological polar surface area (TPSA) is 81.2 Å². The number of nitrogens with zero attached hydrogens (tertiary/aromatic N) is 3. The minimum Gasteiger partial charge on any atom is -0.388 e. The van der Waals surface area contributed by atoms with Gasteiger partial charge in [-0.2, -0.15) is 0 Å². The molecule has 2 aromatic rings. The summed E-state index contributed by atoms with van der Waals surface area (Å²) >= 11 is 0. The lowest BCUT2D eigenvalue weighted by molar-refractivity contribution is -0.133. The molecule has 3 amide bonds. The van der Waals surface area contributed by atoms with Crippen LogP contribution in [0.5, 0.6) is 0 Å². The molecule has 1 aliphatic heterocycles. The maximum atomic E-state index is 13.4. The molecule has 0 aromatic heterocycles. The van der Waals surface area contributed by atoms with Crippen LogP contribution in [-0.4, -0.2) is 65.4 Å². The normalized spacial score (nSPS) is 16.2. The van der Waals surface area contributed by atoms with Crippen LogP contribution in [0.25, 0.3) is 0 Å². The highest BCUT2D eigenvalue weighted by atomic mass is 16.3. The van der Waals surface area contributed by atoms with Gasteiger partial charge in [-0.15, -0.1) is 0 Å². The maximum absolute atomic E-state index is 13.4. The third kappa shape index (κ3) is 4.94. The number of urea groups is 1.